The molecule has 1 rings (SSSR count). The largest absolute Gasteiger partial charge is 0.414 e. The van der Waals surface area contributed by atoms with Gasteiger partial charge in [0.15, 0.2) is 6.10 Å². The Hall–Kier alpha value is -0.550. The number of hydrogen-bond donors (Lipinski definition) is 2. The molecule has 0 bridgehead atoms. The second kappa shape index (κ2) is 4.99. The maximum Gasteiger partial charge on any atom is 0.414 e. The summed E-state index contributed by atoms with van der Waals surface area (Å²) in [6.07, 6.45) is -3.79. The third-order valence-electron chi connectivity index (χ3n) is 2.58. The van der Waals surface area contributed by atoms with E-state index in [0.717, 1.165) is 19.3 Å². The van der Waals surface area contributed by atoms with Crippen molar-refractivity contribution in [2.24, 2.45) is 0 Å². The molecule has 0 heterocycles. The number of alkyl halides is 3. The van der Waals surface area contributed by atoms with E-state index < -0.39 is 24.8 Å². The lowest BCUT2D eigenvalue weighted by atomic mass is 9.93. The van der Waals surface area contributed by atoms with Crippen molar-refractivity contribution in [1.82, 2.24) is 0 Å². The standard InChI is InChI=1S/C10H15F3O2/c11-10(12,13)9(15)6-8(14)7-4-2-1-3-5-7/h4,8-9,14-15H,1-3,5-6H2. The van der Waals surface area contributed by atoms with Gasteiger partial charge in [0.25, 0.3) is 0 Å². The van der Waals surface area contributed by atoms with Crippen LogP contribution in [0.3, 0.4) is 0 Å². The minimum absolute atomic E-state index is 0.629. The number of aliphatic hydroxyl groups excluding tert-OH is 2. The van der Waals surface area contributed by atoms with E-state index in [2.05, 4.69) is 0 Å². The fourth-order valence-electron chi connectivity index (χ4n) is 1.66. The highest BCUT2D eigenvalue weighted by atomic mass is 19.4. The summed E-state index contributed by atoms with van der Waals surface area (Å²) in [5.74, 6) is 0. The maximum atomic E-state index is 12.0. The summed E-state index contributed by atoms with van der Waals surface area (Å²) in [7, 11) is 0. The van der Waals surface area contributed by atoms with Crippen LogP contribution in [0.5, 0.6) is 0 Å². The van der Waals surface area contributed by atoms with Crippen LogP contribution in [0.1, 0.15) is 32.1 Å². The molecule has 0 spiro atoms. The van der Waals surface area contributed by atoms with Crippen molar-refractivity contribution in [3.8, 4) is 0 Å². The van der Waals surface area contributed by atoms with Gasteiger partial charge >= 0.3 is 6.18 Å². The third kappa shape index (κ3) is 3.83. The van der Waals surface area contributed by atoms with E-state index in [4.69, 9.17) is 5.11 Å². The molecule has 1 aliphatic carbocycles. The van der Waals surface area contributed by atoms with Gasteiger partial charge in [-0.3, -0.25) is 0 Å². The Labute approximate surface area is 86.4 Å². The molecule has 0 saturated carbocycles. The van der Waals surface area contributed by atoms with Gasteiger partial charge in [0.05, 0.1) is 6.10 Å². The highest BCUT2D eigenvalue weighted by molar-refractivity contribution is 5.10. The summed E-state index contributed by atoms with van der Waals surface area (Å²) >= 11 is 0. The number of allylic oxidation sites excluding steroid dienone is 1. The third-order valence-corrected chi connectivity index (χ3v) is 2.58. The number of halogens is 3. The van der Waals surface area contributed by atoms with Gasteiger partial charge in [-0.1, -0.05) is 6.08 Å². The molecule has 0 fully saturated rings. The second-order valence-electron chi connectivity index (χ2n) is 3.83. The Morgan fingerprint density at radius 1 is 1.27 bits per heavy atom. The molecule has 1 aliphatic rings. The summed E-state index contributed by atoms with van der Waals surface area (Å²) in [5, 5.41) is 18.3. The number of aliphatic hydroxyl groups is 2. The average molecular weight is 224 g/mol. The normalized spacial score (nSPS) is 22.1. The Balaban J connectivity index is 2.47. The Bertz CT molecular complexity index is 235. The molecule has 2 unspecified atom stereocenters. The quantitative estimate of drug-likeness (QED) is 0.721. The van der Waals surface area contributed by atoms with Gasteiger partial charge in [-0.2, -0.15) is 13.2 Å². The summed E-state index contributed by atoms with van der Waals surface area (Å²) in [4.78, 5) is 0. The number of rotatable bonds is 3. The van der Waals surface area contributed by atoms with Crippen molar-refractivity contribution >= 4 is 0 Å². The Kier molecular flexibility index (Phi) is 4.16. The molecule has 0 radical (unpaired) electrons. The average Bonchev–Trinajstić information content (AvgIpc) is 2.17. The topological polar surface area (TPSA) is 40.5 Å². The molecule has 0 aromatic heterocycles. The van der Waals surface area contributed by atoms with Gasteiger partial charge in [0.2, 0.25) is 0 Å². The van der Waals surface area contributed by atoms with Gasteiger partial charge in [0, 0.05) is 6.42 Å². The molecule has 2 nitrogen and oxygen atoms in total. The Morgan fingerprint density at radius 3 is 2.40 bits per heavy atom. The van der Waals surface area contributed by atoms with Crippen molar-refractivity contribution in [2.75, 3.05) is 0 Å². The fourth-order valence-corrected chi connectivity index (χ4v) is 1.66. The highest BCUT2D eigenvalue weighted by Crippen LogP contribution is 2.27. The molecule has 0 saturated heterocycles. The zero-order valence-electron chi connectivity index (χ0n) is 8.30. The van der Waals surface area contributed by atoms with E-state index in [1.165, 1.54) is 0 Å². The highest BCUT2D eigenvalue weighted by Gasteiger charge is 2.39. The van der Waals surface area contributed by atoms with Crippen LogP contribution >= 0.6 is 0 Å². The van der Waals surface area contributed by atoms with Gasteiger partial charge in [0.1, 0.15) is 0 Å². The van der Waals surface area contributed by atoms with Crippen molar-refractivity contribution in [3.05, 3.63) is 11.6 Å². The van der Waals surface area contributed by atoms with Crippen LogP contribution < -0.4 is 0 Å². The first-order valence-corrected chi connectivity index (χ1v) is 5.03. The Morgan fingerprint density at radius 2 is 1.93 bits per heavy atom. The second-order valence-corrected chi connectivity index (χ2v) is 3.83. The molecule has 0 aliphatic heterocycles. The zero-order valence-corrected chi connectivity index (χ0v) is 8.30. The lowest BCUT2D eigenvalue weighted by molar-refractivity contribution is -0.209. The molecule has 15 heavy (non-hydrogen) atoms. The first-order chi connectivity index (χ1) is 6.91. The van der Waals surface area contributed by atoms with E-state index in [1.54, 1.807) is 6.08 Å². The molecule has 0 aromatic carbocycles. The lowest BCUT2D eigenvalue weighted by Gasteiger charge is -2.22. The van der Waals surface area contributed by atoms with E-state index in [0.29, 0.717) is 12.0 Å². The van der Waals surface area contributed by atoms with Crippen molar-refractivity contribution in [2.45, 2.75) is 50.5 Å². The van der Waals surface area contributed by atoms with Crippen molar-refractivity contribution < 1.29 is 23.4 Å². The lowest BCUT2D eigenvalue weighted by Crippen LogP contribution is -2.33. The first-order valence-electron chi connectivity index (χ1n) is 5.03. The van der Waals surface area contributed by atoms with Crippen LogP contribution in [0.15, 0.2) is 11.6 Å². The fraction of sp³-hybridized carbons (Fsp3) is 0.800. The SMILES string of the molecule is OC(CC(O)C(F)(F)F)C1=CCCCC1. The molecule has 0 amide bonds. The summed E-state index contributed by atoms with van der Waals surface area (Å²) in [6.45, 7) is 0. The zero-order chi connectivity index (χ0) is 11.5. The number of hydrogen-bond acceptors (Lipinski definition) is 2. The van der Waals surface area contributed by atoms with E-state index in [9.17, 15) is 18.3 Å². The van der Waals surface area contributed by atoms with Gasteiger partial charge in [-0.25, -0.2) is 0 Å². The maximum absolute atomic E-state index is 12.0. The first kappa shape index (κ1) is 12.5. The van der Waals surface area contributed by atoms with Crippen LogP contribution in [0.25, 0.3) is 0 Å². The predicted molar refractivity (Wildman–Crippen MR) is 49.2 cm³/mol. The van der Waals surface area contributed by atoms with Crippen LogP contribution in [-0.2, 0) is 0 Å². The molecule has 0 aromatic rings. The van der Waals surface area contributed by atoms with E-state index in [-0.39, 0.29) is 0 Å². The monoisotopic (exact) mass is 224 g/mol. The van der Waals surface area contributed by atoms with Crippen molar-refractivity contribution in [3.63, 3.8) is 0 Å². The van der Waals surface area contributed by atoms with Crippen LogP contribution in [-0.4, -0.2) is 28.6 Å². The smallest absolute Gasteiger partial charge is 0.389 e. The molecule has 2 atom stereocenters. The molecule has 5 heteroatoms. The van der Waals surface area contributed by atoms with Crippen LogP contribution in [0.2, 0.25) is 0 Å². The summed E-state index contributed by atoms with van der Waals surface area (Å²) < 4.78 is 36.0. The summed E-state index contributed by atoms with van der Waals surface area (Å²) in [6, 6.07) is 0. The minimum Gasteiger partial charge on any atom is -0.389 e. The van der Waals surface area contributed by atoms with Gasteiger partial charge < -0.3 is 10.2 Å². The predicted octanol–water partition coefficient (Wildman–Crippen LogP) is 2.16. The molecular weight excluding hydrogens is 209 g/mol. The van der Waals surface area contributed by atoms with Crippen LogP contribution in [0.4, 0.5) is 13.2 Å². The van der Waals surface area contributed by atoms with E-state index in [1.807, 2.05) is 0 Å². The van der Waals surface area contributed by atoms with Crippen LogP contribution in [0, 0.1) is 0 Å². The minimum atomic E-state index is -4.64. The molecule has 2 N–H and O–H groups in total. The van der Waals surface area contributed by atoms with Gasteiger partial charge in [-0.05, 0) is 31.3 Å². The molecular formula is C10H15F3O2. The van der Waals surface area contributed by atoms with Gasteiger partial charge in [-0.15, -0.1) is 0 Å². The molecule has 88 valence electrons. The van der Waals surface area contributed by atoms with E-state index >= 15 is 0 Å². The van der Waals surface area contributed by atoms with Crippen molar-refractivity contribution in [1.29, 1.82) is 0 Å². The summed E-state index contributed by atoms with van der Waals surface area (Å²) in [5.41, 5.74) is 0.629.